The highest BCUT2D eigenvalue weighted by atomic mass is 19.1. The summed E-state index contributed by atoms with van der Waals surface area (Å²) in [5.74, 6) is 0.831. The zero-order chi connectivity index (χ0) is 14.4. The largest absolute Gasteiger partial charge is 0.370 e. The highest BCUT2D eigenvalue weighted by molar-refractivity contribution is 5.55. The average molecular weight is 274 g/mol. The Balaban J connectivity index is 2.13. The van der Waals surface area contributed by atoms with Crippen LogP contribution in [0.1, 0.15) is 25.5 Å². The fraction of sp³-hybridized carbons (Fsp3) is 0.333. The molecule has 0 saturated heterocycles. The molecule has 2 rings (SSSR count). The molecule has 0 atom stereocenters. The van der Waals surface area contributed by atoms with Crippen LogP contribution in [0, 0.1) is 12.7 Å². The van der Waals surface area contributed by atoms with E-state index in [4.69, 9.17) is 0 Å². The van der Waals surface area contributed by atoms with E-state index in [0.717, 1.165) is 30.9 Å². The molecule has 0 bridgehead atoms. The van der Waals surface area contributed by atoms with Crippen LogP contribution in [0.25, 0.3) is 0 Å². The first kappa shape index (κ1) is 14.2. The summed E-state index contributed by atoms with van der Waals surface area (Å²) in [5.41, 5.74) is 1.20. The third-order valence-electron chi connectivity index (χ3n) is 2.81. The van der Waals surface area contributed by atoms with Crippen LogP contribution in [0.2, 0.25) is 0 Å². The van der Waals surface area contributed by atoms with E-state index in [1.54, 1.807) is 18.2 Å². The molecular weight excluding hydrogens is 255 g/mol. The van der Waals surface area contributed by atoms with Crippen molar-refractivity contribution in [1.82, 2.24) is 9.97 Å². The van der Waals surface area contributed by atoms with E-state index >= 15 is 0 Å². The second kappa shape index (κ2) is 6.84. The predicted octanol–water partition coefficient (Wildman–Crippen LogP) is 3.88. The smallest absolute Gasteiger partial charge is 0.229 e. The van der Waals surface area contributed by atoms with Crippen LogP contribution in [-0.4, -0.2) is 16.5 Å². The van der Waals surface area contributed by atoms with Crippen LogP contribution in [0.15, 0.2) is 30.3 Å². The van der Waals surface area contributed by atoms with Crippen molar-refractivity contribution < 1.29 is 4.39 Å². The summed E-state index contributed by atoms with van der Waals surface area (Å²) >= 11 is 0. The van der Waals surface area contributed by atoms with Crippen LogP contribution < -0.4 is 10.6 Å². The first-order chi connectivity index (χ1) is 9.69. The summed E-state index contributed by atoms with van der Waals surface area (Å²) < 4.78 is 13.6. The zero-order valence-corrected chi connectivity index (χ0v) is 11.8. The summed E-state index contributed by atoms with van der Waals surface area (Å²) in [7, 11) is 0. The number of aryl methyl sites for hydroxylation is 1. The summed E-state index contributed by atoms with van der Waals surface area (Å²) in [6.45, 7) is 4.89. The lowest BCUT2D eigenvalue weighted by Crippen LogP contribution is -2.07. The molecule has 0 radical (unpaired) electrons. The van der Waals surface area contributed by atoms with Gasteiger partial charge in [-0.1, -0.05) is 25.5 Å². The molecule has 0 aliphatic rings. The Bertz CT molecular complexity index is 572. The van der Waals surface area contributed by atoms with Crippen molar-refractivity contribution in [3.05, 3.63) is 41.8 Å². The van der Waals surface area contributed by atoms with Crippen molar-refractivity contribution in [3.8, 4) is 0 Å². The van der Waals surface area contributed by atoms with Gasteiger partial charge in [0.25, 0.3) is 0 Å². The van der Waals surface area contributed by atoms with Crippen LogP contribution in [0.4, 0.5) is 21.8 Å². The minimum atomic E-state index is -0.321. The van der Waals surface area contributed by atoms with E-state index in [-0.39, 0.29) is 5.82 Å². The Morgan fingerprint density at radius 3 is 2.75 bits per heavy atom. The van der Waals surface area contributed by atoms with Gasteiger partial charge >= 0.3 is 0 Å². The van der Waals surface area contributed by atoms with Crippen LogP contribution >= 0.6 is 0 Å². The number of anilines is 3. The maximum atomic E-state index is 13.6. The van der Waals surface area contributed by atoms with Crippen molar-refractivity contribution in [2.24, 2.45) is 0 Å². The molecule has 5 heteroatoms. The number of nitrogens with zero attached hydrogens (tertiary/aromatic N) is 2. The summed E-state index contributed by atoms with van der Waals surface area (Å²) in [6, 6.07) is 8.35. The zero-order valence-electron chi connectivity index (χ0n) is 11.8. The number of para-hydroxylation sites is 1. The third-order valence-corrected chi connectivity index (χ3v) is 2.81. The molecule has 0 amide bonds. The lowest BCUT2D eigenvalue weighted by molar-refractivity contribution is 0.631. The molecule has 1 aromatic carbocycles. The lowest BCUT2D eigenvalue weighted by atomic mass is 10.3. The van der Waals surface area contributed by atoms with Gasteiger partial charge in [-0.15, -0.1) is 0 Å². The molecule has 0 saturated carbocycles. The first-order valence-electron chi connectivity index (χ1n) is 6.80. The van der Waals surface area contributed by atoms with E-state index in [1.807, 2.05) is 13.0 Å². The van der Waals surface area contributed by atoms with Crippen molar-refractivity contribution in [3.63, 3.8) is 0 Å². The topological polar surface area (TPSA) is 49.8 Å². The molecule has 2 N–H and O–H groups in total. The van der Waals surface area contributed by atoms with Gasteiger partial charge in [0, 0.05) is 18.3 Å². The van der Waals surface area contributed by atoms with Crippen LogP contribution in [0.3, 0.4) is 0 Å². The number of aromatic nitrogens is 2. The highest BCUT2D eigenvalue weighted by Gasteiger charge is 2.05. The van der Waals surface area contributed by atoms with E-state index in [1.165, 1.54) is 6.07 Å². The molecule has 1 heterocycles. The predicted molar refractivity (Wildman–Crippen MR) is 79.8 cm³/mol. The van der Waals surface area contributed by atoms with Gasteiger partial charge in [0.05, 0.1) is 5.69 Å². The minimum absolute atomic E-state index is 0.321. The third kappa shape index (κ3) is 3.91. The number of hydrogen-bond donors (Lipinski definition) is 2. The fourth-order valence-corrected chi connectivity index (χ4v) is 1.79. The number of benzene rings is 1. The number of nitrogens with one attached hydrogen (secondary N) is 2. The van der Waals surface area contributed by atoms with Gasteiger partial charge in [0.1, 0.15) is 11.6 Å². The normalized spacial score (nSPS) is 10.3. The quantitative estimate of drug-likeness (QED) is 0.785. The maximum absolute atomic E-state index is 13.6. The van der Waals surface area contributed by atoms with E-state index < -0.39 is 0 Å². The molecule has 0 aliphatic carbocycles. The SMILES string of the molecule is CCCCNc1cc(C)nc(Nc2ccccc2F)n1. The number of hydrogen-bond acceptors (Lipinski definition) is 4. The van der Waals surface area contributed by atoms with Gasteiger partial charge in [-0.05, 0) is 25.5 Å². The van der Waals surface area contributed by atoms with Crippen molar-refractivity contribution >= 4 is 17.5 Å². The molecule has 20 heavy (non-hydrogen) atoms. The van der Waals surface area contributed by atoms with Gasteiger partial charge in [-0.2, -0.15) is 4.98 Å². The maximum Gasteiger partial charge on any atom is 0.229 e. The van der Waals surface area contributed by atoms with Gasteiger partial charge in [0.15, 0.2) is 0 Å². The fourth-order valence-electron chi connectivity index (χ4n) is 1.79. The first-order valence-corrected chi connectivity index (χ1v) is 6.80. The van der Waals surface area contributed by atoms with Crippen LogP contribution in [0.5, 0.6) is 0 Å². The van der Waals surface area contributed by atoms with Gasteiger partial charge in [-0.3, -0.25) is 0 Å². The molecule has 106 valence electrons. The number of rotatable bonds is 6. The second-order valence-corrected chi connectivity index (χ2v) is 4.60. The Morgan fingerprint density at radius 2 is 2.00 bits per heavy atom. The van der Waals surface area contributed by atoms with Gasteiger partial charge in [0.2, 0.25) is 5.95 Å². The van der Waals surface area contributed by atoms with Crippen molar-refractivity contribution in [1.29, 1.82) is 0 Å². The molecule has 0 aliphatic heterocycles. The van der Waals surface area contributed by atoms with Crippen LogP contribution in [-0.2, 0) is 0 Å². The van der Waals surface area contributed by atoms with Crippen molar-refractivity contribution in [2.75, 3.05) is 17.2 Å². The average Bonchev–Trinajstić information content (AvgIpc) is 2.41. The Kier molecular flexibility index (Phi) is 4.87. The monoisotopic (exact) mass is 274 g/mol. The molecule has 0 spiro atoms. The summed E-state index contributed by atoms with van der Waals surface area (Å²) in [5, 5.41) is 6.15. The lowest BCUT2D eigenvalue weighted by Gasteiger charge is -2.10. The molecule has 1 aromatic heterocycles. The Labute approximate surface area is 118 Å². The number of unbranched alkanes of at least 4 members (excludes halogenated alkanes) is 1. The van der Waals surface area contributed by atoms with E-state index in [9.17, 15) is 4.39 Å². The molecule has 0 fully saturated rings. The van der Waals surface area contributed by atoms with Crippen molar-refractivity contribution in [2.45, 2.75) is 26.7 Å². The molecule has 4 nitrogen and oxygen atoms in total. The summed E-state index contributed by atoms with van der Waals surface area (Å²) in [4.78, 5) is 8.61. The second-order valence-electron chi connectivity index (χ2n) is 4.60. The van der Waals surface area contributed by atoms with Gasteiger partial charge in [-0.25, -0.2) is 9.37 Å². The number of halogens is 1. The highest BCUT2D eigenvalue weighted by Crippen LogP contribution is 2.18. The van der Waals surface area contributed by atoms with E-state index in [2.05, 4.69) is 27.5 Å². The Morgan fingerprint density at radius 1 is 1.20 bits per heavy atom. The molecular formula is C15H19FN4. The minimum Gasteiger partial charge on any atom is -0.370 e. The van der Waals surface area contributed by atoms with E-state index in [0.29, 0.717) is 11.6 Å². The summed E-state index contributed by atoms with van der Waals surface area (Å²) in [6.07, 6.45) is 2.20. The Hall–Kier alpha value is -2.17. The molecule has 0 unspecified atom stereocenters. The standard InChI is InChI=1S/C15H19FN4/c1-3-4-9-17-14-10-11(2)18-15(20-14)19-13-8-6-5-7-12(13)16/h5-8,10H,3-4,9H2,1-2H3,(H2,17,18,19,20). The van der Waals surface area contributed by atoms with Gasteiger partial charge < -0.3 is 10.6 Å². The molecule has 2 aromatic rings.